The Morgan fingerprint density at radius 2 is 1.67 bits per heavy atom. The summed E-state index contributed by atoms with van der Waals surface area (Å²) in [5.41, 5.74) is 1.03. The highest BCUT2D eigenvalue weighted by molar-refractivity contribution is 6.46. The third kappa shape index (κ3) is 4.96. The van der Waals surface area contributed by atoms with Crippen LogP contribution in [0.25, 0.3) is 5.76 Å². The van der Waals surface area contributed by atoms with E-state index in [1.807, 2.05) is 13.8 Å². The zero-order valence-corrected chi connectivity index (χ0v) is 19.3. The highest BCUT2D eigenvalue weighted by atomic mass is 16.5. The molecule has 0 aliphatic carbocycles. The molecule has 33 heavy (non-hydrogen) atoms. The van der Waals surface area contributed by atoms with Crippen LogP contribution in [-0.4, -0.2) is 62.3 Å². The number of aliphatic hydroxyl groups is 1. The van der Waals surface area contributed by atoms with Gasteiger partial charge in [0.2, 0.25) is 0 Å². The van der Waals surface area contributed by atoms with Crippen LogP contribution in [-0.2, 0) is 14.3 Å². The summed E-state index contributed by atoms with van der Waals surface area (Å²) in [6, 6.07) is 11.1. The van der Waals surface area contributed by atoms with E-state index in [1.54, 1.807) is 42.5 Å². The number of ether oxygens (including phenoxy) is 4. The maximum Gasteiger partial charge on any atom is 0.295 e. The average molecular weight is 456 g/mol. The van der Waals surface area contributed by atoms with Gasteiger partial charge in [0.25, 0.3) is 11.7 Å². The summed E-state index contributed by atoms with van der Waals surface area (Å²) in [6.45, 7) is 5.07. The molecule has 2 aromatic rings. The number of hydrogen-bond donors (Lipinski definition) is 1. The van der Waals surface area contributed by atoms with E-state index in [-0.39, 0.29) is 24.5 Å². The number of rotatable bonds is 10. The Hall–Kier alpha value is -3.52. The zero-order chi connectivity index (χ0) is 24.0. The lowest BCUT2D eigenvalue weighted by Gasteiger charge is -2.25. The molecular weight excluding hydrogens is 426 g/mol. The monoisotopic (exact) mass is 455 g/mol. The van der Waals surface area contributed by atoms with E-state index >= 15 is 0 Å². The molecule has 1 N–H and O–H groups in total. The number of amides is 1. The topological polar surface area (TPSA) is 94.5 Å². The lowest BCUT2D eigenvalue weighted by molar-refractivity contribution is -0.140. The Labute approximate surface area is 193 Å². The number of methoxy groups -OCH3 is 2. The summed E-state index contributed by atoms with van der Waals surface area (Å²) in [5, 5.41) is 11.1. The largest absolute Gasteiger partial charge is 0.507 e. The van der Waals surface area contributed by atoms with Gasteiger partial charge < -0.3 is 29.0 Å². The van der Waals surface area contributed by atoms with Gasteiger partial charge in [-0.25, -0.2) is 0 Å². The summed E-state index contributed by atoms with van der Waals surface area (Å²) in [5.74, 6) is -0.0517. The van der Waals surface area contributed by atoms with Crippen LogP contribution in [0.3, 0.4) is 0 Å². The highest BCUT2D eigenvalue weighted by Gasteiger charge is 2.46. The van der Waals surface area contributed by atoms with Crippen LogP contribution in [0.5, 0.6) is 17.2 Å². The standard InChI is InChI=1S/C25H29NO7/c1-5-32-18-10-7-16(8-11-18)23(27)21-22(26(13-14-30-3)25(29)24(21)28)17-9-12-19(31-4)20(15-17)33-6-2/h7-12,15,22,27H,5-6,13-14H2,1-4H3/b23-21-. The van der Waals surface area contributed by atoms with Gasteiger partial charge in [-0.15, -0.1) is 0 Å². The second-order valence-corrected chi connectivity index (χ2v) is 7.29. The number of benzene rings is 2. The van der Waals surface area contributed by atoms with E-state index in [2.05, 4.69) is 0 Å². The predicted octanol–water partition coefficient (Wildman–Crippen LogP) is 3.56. The fourth-order valence-corrected chi connectivity index (χ4v) is 3.81. The molecule has 0 bridgehead atoms. The van der Waals surface area contributed by atoms with Gasteiger partial charge in [-0.3, -0.25) is 9.59 Å². The molecule has 2 aromatic carbocycles. The number of aliphatic hydroxyl groups excluding tert-OH is 1. The minimum atomic E-state index is -0.808. The summed E-state index contributed by atoms with van der Waals surface area (Å²) in [7, 11) is 3.06. The quantitative estimate of drug-likeness (QED) is 0.333. The molecule has 1 heterocycles. The zero-order valence-electron chi connectivity index (χ0n) is 19.3. The normalized spacial score (nSPS) is 17.3. The molecule has 1 aliphatic heterocycles. The summed E-state index contributed by atoms with van der Waals surface area (Å²) in [4.78, 5) is 27.4. The van der Waals surface area contributed by atoms with E-state index in [0.717, 1.165) is 0 Å². The number of carbonyl (C=O) groups is 2. The lowest BCUT2D eigenvalue weighted by atomic mass is 9.95. The first kappa shape index (κ1) is 24.1. The van der Waals surface area contributed by atoms with Crippen molar-refractivity contribution in [1.29, 1.82) is 0 Å². The Balaban J connectivity index is 2.14. The Morgan fingerprint density at radius 1 is 0.970 bits per heavy atom. The molecule has 1 saturated heterocycles. The molecule has 1 unspecified atom stereocenters. The first-order chi connectivity index (χ1) is 16.0. The number of ketones is 1. The highest BCUT2D eigenvalue weighted by Crippen LogP contribution is 2.42. The van der Waals surface area contributed by atoms with Gasteiger partial charge in [0.15, 0.2) is 11.5 Å². The molecule has 0 radical (unpaired) electrons. The van der Waals surface area contributed by atoms with Gasteiger partial charge in [0.05, 0.1) is 38.5 Å². The van der Waals surface area contributed by atoms with Crippen LogP contribution in [0.15, 0.2) is 48.0 Å². The molecular formula is C25H29NO7. The fraction of sp³-hybridized carbons (Fsp3) is 0.360. The van der Waals surface area contributed by atoms with Gasteiger partial charge in [0.1, 0.15) is 11.5 Å². The first-order valence-electron chi connectivity index (χ1n) is 10.8. The van der Waals surface area contributed by atoms with E-state index < -0.39 is 17.7 Å². The smallest absolute Gasteiger partial charge is 0.295 e. The third-order valence-corrected chi connectivity index (χ3v) is 5.32. The van der Waals surface area contributed by atoms with Crippen LogP contribution in [0.1, 0.15) is 31.0 Å². The van der Waals surface area contributed by atoms with Crippen LogP contribution in [0, 0.1) is 0 Å². The van der Waals surface area contributed by atoms with Crippen molar-refractivity contribution in [3.63, 3.8) is 0 Å². The third-order valence-electron chi connectivity index (χ3n) is 5.32. The van der Waals surface area contributed by atoms with Crippen molar-refractivity contribution < 1.29 is 33.6 Å². The molecule has 0 saturated carbocycles. The molecule has 8 nitrogen and oxygen atoms in total. The molecule has 0 aromatic heterocycles. The second kappa shape index (κ2) is 10.9. The van der Waals surface area contributed by atoms with E-state index in [9.17, 15) is 14.7 Å². The minimum absolute atomic E-state index is 0.00729. The number of nitrogens with zero attached hydrogens (tertiary/aromatic N) is 1. The van der Waals surface area contributed by atoms with Crippen molar-refractivity contribution >= 4 is 17.4 Å². The van der Waals surface area contributed by atoms with E-state index in [4.69, 9.17) is 18.9 Å². The average Bonchev–Trinajstić information content (AvgIpc) is 3.08. The van der Waals surface area contributed by atoms with Gasteiger partial charge in [-0.1, -0.05) is 6.07 Å². The molecule has 0 spiro atoms. The minimum Gasteiger partial charge on any atom is -0.507 e. The van der Waals surface area contributed by atoms with Gasteiger partial charge in [0, 0.05) is 19.2 Å². The molecule has 1 amide bonds. The van der Waals surface area contributed by atoms with E-state index in [0.29, 0.717) is 41.6 Å². The van der Waals surface area contributed by atoms with Gasteiger partial charge in [-0.05, 0) is 55.8 Å². The Morgan fingerprint density at radius 3 is 2.27 bits per heavy atom. The van der Waals surface area contributed by atoms with Crippen molar-refractivity contribution in [3.8, 4) is 17.2 Å². The van der Waals surface area contributed by atoms with Gasteiger partial charge in [-0.2, -0.15) is 0 Å². The predicted molar refractivity (Wildman–Crippen MR) is 123 cm³/mol. The van der Waals surface area contributed by atoms with Crippen molar-refractivity contribution in [1.82, 2.24) is 4.90 Å². The van der Waals surface area contributed by atoms with Crippen LogP contribution in [0.4, 0.5) is 0 Å². The van der Waals surface area contributed by atoms with Gasteiger partial charge >= 0.3 is 0 Å². The summed E-state index contributed by atoms with van der Waals surface area (Å²) < 4.78 is 21.6. The van der Waals surface area contributed by atoms with Crippen LogP contribution < -0.4 is 14.2 Å². The van der Waals surface area contributed by atoms with Crippen molar-refractivity contribution in [2.24, 2.45) is 0 Å². The number of likely N-dealkylation sites (tertiary alicyclic amines) is 1. The number of Topliss-reactive ketones (excluding diaryl/α,β-unsaturated/α-hetero) is 1. The summed E-state index contributed by atoms with van der Waals surface area (Å²) in [6.07, 6.45) is 0. The molecule has 3 rings (SSSR count). The molecule has 176 valence electrons. The fourth-order valence-electron chi connectivity index (χ4n) is 3.81. The lowest BCUT2D eigenvalue weighted by Crippen LogP contribution is -2.32. The molecule has 1 aliphatic rings. The molecule has 1 atom stereocenters. The maximum atomic E-state index is 13.1. The number of carbonyl (C=O) groups excluding carboxylic acids is 2. The SMILES string of the molecule is CCOc1ccc(/C(O)=C2/C(=O)C(=O)N(CCOC)C2c2ccc(OC)c(OCC)c2)cc1. The van der Waals surface area contributed by atoms with Crippen molar-refractivity contribution in [2.45, 2.75) is 19.9 Å². The number of hydrogen-bond acceptors (Lipinski definition) is 7. The molecule has 1 fully saturated rings. The summed E-state index contributed by atoms with van der Waals surface area (Å²) >= 11 is 0. The van der Waals surface area contributed by atoms with Crippen molar-refractivity contribution in [3.05, 3.63) is 59.2 Å². The maximum absolute atomic E-state index is 13.1. The second-order valence-electron chi connectivity index (χ2n) is 7.29. The Bertz CT molecular complexity index is 1030. The first-order valence-corrected chi connectivity index (χ1v) is 10.8. The van der Waals surface area contributed by atoms with E-state index in [1.165, 1.54) is 19.1 Å². The van der Waals surface area contributed by atoms with Crippen molar-refractivity contribution in [2.75, 3.05) is 40.6 Å². The molecule has 8 heteroatoms. The Kier molecular flexibility index (Phi) is 7.95. The van der Waals surface area contributed by atoms with Crippen LogP contribution >= 0.6 is 0 Å². The van der Waals surface area contributed by atoms with Crippen LogP contribution in [0.2, 0.25) is 0 Å².